The lowest BCUT2D eigenvalue weighted by atomic mass is 10.0. The topological polar surface area (TPSA) is 89.3 Å². The van der Waals surface area contributed by atoms with Gasteiger partial charge in [-0.1, -0.05) is 63.1 Å². The third kappa shape index (κ3) is 4.35. The van der Waals surface area contributed by atoms with Gasteiger partial charge in [0.2, 0.25) is 15.7 Å². The van der Waals surface area contributed by atoms with Crippen LogP contribution in [0.2, 0.25) is 0 Å². The Morgan fingerprint density at radius 2 is 1.56 bits per heavy atom. The molecule has 1 heterocycles. The van der Waals surface area contributed by atoms with Crippen LogP contribution in [-0.2, 0) is 29.1 Å². The lowest BCUT2D eigenvalue weighted by molar-refractivity contribution is 0.424. The van der Waals surface area contributed by atoms with E-state index in [2.05, 4.69) is 4.98 Å². The third-order valence-corrected chi connectivity index (χ3v) is 7.42. The third-order valence-electron chi connectivity index (χ3n) is 5.64. The van der Waals surface area contributed by atoms with E-state index < -0.39 is 26.2 Å². The summed E-state index contributed by atoms with van der Waals surface area (Å²) in [6, 6.07) is 12.0. The molecule has 0 amide bonds. The van der Waals surface area contributed by atoms with Crippen LogP contribution in [-0.4, -0.2) is 23.1 Å². The van der Waals surface area contributed by atoms with Gasteiger partial charge in [-0.15, -0.1) is 0 Å². The lowest BCUT2D eigenvalue weighted by Gasteiger charge is -2.20. The summed E-state index contributed by atoms with van der Waals surface area (Å²) in [5.41, 5.74) is 2.65. The number of aromatic nitrogens is 2. The van der Waals surface area contributed by atoms with Gasteiger partial charge in [-0.05, 0) is 49.4 Å². The highest BCUT2D eigenvalue weighted by molar-refractivity contribution is 7.91. The quantitative estimate of drug-likeness (QED) is 0.539. The van der Waals surface area contributed by atoms with Crippen LogP contribution in [0.3, 0.4) is 0 Å². The maximum Gasteiger partial charge on any atom is 0.281 e. The van der Waals surface area contributed by atoms with Crippen LogP contribution in [0, 0.1) is 6.92 Å². The second-order valence-corrected chi connectivity index (χ2v) is 9.76. The number of sulfone groups is 1. The van der Waals surface area contributed by atoms with Gasteiger partial charge in [0, 0.05) is 6.42 Å². The summed E-state index contributed by atoms with van der Waals surface area (Å²) < 4.78 is 28.2. The molecule has 0 atom stereocenters. The Bertz CT molecular complexity index is 1250. The fraction of sp³-hybridized carbons (Fsp3) is 0.360. The van der Waals surface area contributed by atoms with Crippen molar-refractivity contribution in [1.29, 1.82) is 0 Å². The van der Waals surface area contributed by atoms with Gasteiger partial charge >= 0.3 is 0 Å². The van der Waals surface area contributed by atoms with Crippen LogP contribution in [0.4, 0.5) is 0 Å². The second-order valence-electron chi connectivity index (χ2n) is 7.87. The molecule has 0 radical (unpaired) electrons. The number of para-hydroxylation sites is 1. The Morgan fingerprint density at radius 1 is 0.969 bits per heavy atom. The molecule has 3 rings (SSSR count). The fourth-order valence-corrected chi connectivity index (χ4v) is 5.18. The molecule has 0 fully saturated rings. The molecule has 170 valence electrons. The second kappa shape index (κ2) is 9.69. The maximum absolute atomic E-state index is 13.8. The van der Waals surface area contributed by atoms with E-state index in [1.165, 1.54) is 16.7 Å². The van der Waals surface area contributed by atoms with Crippen molar-refractivity contribution < 1.29 is 13.5 Å². The van der Waals surface area contributed by atoms with E-state index in [1.54, 1.807) is 12.1 Å². The largest absolute Gasteiger partial charge is 0.492 e. The first-order valence-corrected chi connectivity index (χ1v) is 12.5. The molecule has 3 aromatic rings. The lowest BCUT2D eigenvalue weighted by Crippen LogP contribution is -2.30. The first kappa shape index (κ1) is 23.7. The standard InChI is InChI=1S/C25H30N2O4S/c1-5-8-12-21-26-24(28)23(32(30,31)20-15-13-17(4)14-16-20)25(29)27(21)22-18(6-2)10-9-11-19(22)7-3/h9-11,13-16,28H,5-8,12H2,1-4H3. The monoisotopic (exact) mass is 454 g/mol. The predicted molar refractivity (Wildman–Crippen MR) is 125 cm³/mol. The summed E-state index contributed by atoms with van der Waals surface area (Å²) in [5, 5.41) is 10.6. The highest BCUT2D eigenvalue weighted by Crippen LogP contribution is 2.28. The summed E-state index contributed by atoms with van der Waals surface area (Å²) in [6.45, 7) is 7.86. The van der Waals surface area contributed by atoms with E-state index in [-0.39, 0.29) is 4.90 Å². The van der Waals surface area contributed by atoms with Gasteiger partial charge in [0.1, 0.15) is 5.82 Å². The van der Waals surface area contributed by atoms with Crippen LogP contribution in [0.25, 0.3) is 5.69 Å². The van der Waals surface area contributed by atoms with Gasteiger partial charge in [-0.3, -0.25) is 9.36 Å². The molecule has 6 nitrogen and oxygen atoms in total. The van der Waals surface area contributed by atoms with Crippen molar-refractivity contribution in [2.45, 2.75) is 69.6 Å². The first-order valence-electron chi connectivity index (χ1n) is 11.0. The Morgan fingerprint density at radius 3 is 2.09 bits per heavy atom. The van der Waals surface area contributed by atoms with Crippen molar-refractivity contribution in [1.82, 2.24) is 9.55 Å². The highest BCUT2D eigenvalue weighted by Gasteiger charge is 2.30. The SMILES string of the molecule is CCCCc1nc(O)c(S(=O)(=O)c2ccc(C)cc2)c(=O)n1-c1c(CC)cccc1CC. The van der Waals surface area contributed by atoms with E-state index >= 15 is 0 Å². The molecule has 0 spiro atoms. The summed E-state index contributed by atoms with van der Waals surface area (Å²) in [5.74, 6) is -0.377. The molecule has 0 aliphatic rings. The molecule has 32 heavy (non-hydrogen) atoms. The van der Waals surface area contributed by atoms with E-state index in [9.17, 15) is 18.3 Å². The van der Waals surface area contributed by atoms with Crippen LogP contribution in [0.15, 0.2) is 57.1 Å². The van der Waals surface area contributed by atoms with Crippen molar-refractivity contribution in [3.05, 3.63) is 75.3 Å². The van der Waals surface area contributed by atoms with E-state index in [0.29, 0.717) is 30.8 Å². The number of hydrogen-bond acceptors (Lipinski definition) is 5. The van der Waals surface area contributed by atoms with Gasteiger partial charge in [0.15, 0.2) is 4.90 Å². The molecule has 7 heteroatoms. The first-order chi connectivity index (χ1) is 15.3. The smallest absolute Gasteiger partial charge is 0.281 e. The number of aryl methyl sites for hydroxylation is 4. The molecule has 1 N–H and O–H groups in total. The van der Waals surface area contributed by atoms with Crippen molar-refractivity contribution in [3.8, 4) is 11.6 Å². The number of rotatable bonds is 8. The van der Waals surface area contributed by atoms with Crippen molar-refractivity contribution in [2.24, 2.45) is 0 Å². The van der Waals surface area contributed by atoms with E-state index in [0.717, 1.165) is 29.5 Å². The molecule has 0 bridgehead atoms. The highest BCUT2D eigenvalue weighted by atomic mass is 32.2. The number of nitrogens with zero attached hydrogens (tertiary/aromatic N) is 2. The fourth-order valence-electron chi connectivity index (χ4n) is 3.84. The van der Waals surface area contributed by atoms with Crippen LogP contribution >= 0.6 is 0 Å². The molecular weight excluding hydrogens is 424 g/mol. The normalized spacial score (nSPS) is 11.6. The van der Waals surface area contributed by atoms with Gasteiger partial charge in [-0.25, -0.2) is 8.42 Å². The minimum atomic E-state index is -4.27. The summed E-state index contributed by atoms with van der Waals surface area (Å²) in [4.78, 5) is 17.3. The number of hydrogen-bond donors (Lipinski definition) is 1. The van der Waals surface area contributed by atoms with Crippen molar-refractivity contribution in [2.75, 3.05) is 0 Å². The van der Waals surface area contributed by atoms with Gasteiger partial charge in [-0.2, -0.15) is 4.98 Å². The van der Waals surface area contributed by atoms with Gasteiger partial charge in [0.25, 0.3) is 5.56 Å². The summed E-state index contributed by atoms with van der Waals surface area (Å²) in [6.07, 6.45) is 3.42. The summed E-state index contributed by atoms with van der Waals surface area (Å²) in [7, 11) is -4.27. The Labute approximate surface area is 189 Å². The molecule has 0 aliphatic carbocycles. The molecule has 0 unspecified atom stereocenters. The average molecular weight is 455 g/mol. The van der Waals surface area contributed by atoms with Gasteiger partial charge < -0.3 is 5.11 Å². The maximum atomic E-state index is 13.8. The zero-order valence-corrected chi connectivity index (χ0v) is 19.9. The molecule has 0 aliphatic heterocycles. The number of unbranched alkanes of at least 4 members (excludes halogenated alkanes) is 1. The number of benzene rings is 2. The van der Waals surface area contributed by atoms with Crippen LogP contribution in [0.5, 0.6) is 5.88 Å². The zero-order valence-electron chi connectivity index (χ0n) is 19.1. The zero-order chi connectivity index (χ0) is 23.5. The molecule has 1 aromatic heterocycles. The number of aromatic hydroxyl groups is 1. The molecule has 0 saturated heterocycles. The Kier molecular flexibility index (Phi) is 7.19. The molecule has 0 saturated carbocycles. The molecule has 2 aromatic carbocycles. The van der Waals surface area contributed by atoms with Crippen molar-refractivity contribution >= 4 is 9.84 Å². The Hall–Kier alpha value is -2.93. The Balaban J connectivity index is 2.40. The van der Waals surface area contributed by atoms with E-state index in [1.807, 2.05) is 45.9 Å². The van der Waals surface area contributed by atoms with Crippen LogP contribution in [0.1, 0.15) is 56.1 Å². The minimum absolute atomic E-state index is 0.0513. The minimum Gasteiger partial charge on any atom is -0.492 e. The van der Waals surface area contributed by atoms with E-state index in [4.69, 9.17) is 0 Å². The summed E-state index contributed by atoms with van der Waals surface area (Å²) >= 11 is 0. The van der Waals surface area contributed by atoms with Crippen molar-refractivity contribution in [3.63, 3.8) is 0 Å². The molecular formula is C25H30N2O4S. The van der Waals surface area contributed by atoms with Crippen LogP contribution < -0.4 is 5.56 Å². The predicted octanol–water partition coefficient (Wildman–Crippen LogP) is 4.55. The average Bonchev–Trinajstić information content (AvgIpc) is 2.77. The van der Waals surface area contributed by atoms with Gasteiger partial charge in [0.05, 0.1) is 10.6 Å².